The number of para-hydroxylation sites is 1. The topological polar surface area (TPSA) is 84.3 Å². The van der Waals surface area contributed by atoms with Gasteiger partial charge in [0.1, 0.15) is 12.0 Å². The maximum absolute atomic E-state index is 12.3. The molecule has 0 saturated heterocycles. The molecule has 2 heterocycles. The van der Waals surface area contributed by atoms with Crippen LogP contribution < -0.4 is 15.5 Å². The van der Waals surface area contributed by atoms with Gasteiger partial charge in [0.05, 0.1) is 6.04 Å². The zero-order chi connectivity index (χ0) is 18.1. The molecule has 6 nitrogen and oxygen atoms in total. The number of nitrogens with one attached hydrogen (secondary N) is 2. The molecule has 1 aromatic carbocycles. The average molecular weight is 352 g/mol. The molecule has 3 aromatic rings. The molecule has 0 bridgehead atoms. The van der Waals surface area contributed by atoms with Gasteiger partial charge in [-0.15, -0.1) is 0 Å². The Morgan fingerprint density at radius 1 is 1.38 bits per heavy atom. The Kier molecular flexibility index (Phi) is 4.24. The molecule has 1 aliphatic carbocycles. The third-order valence-corrected chi connectivity index (χ3v) is 4.74. The van der Waals surface area contributed by atoms with Crippen molar-refractivity contribution in [3.05, 3.63) is 63.8 Å². The van der Waals surface area contributed by atoms with Gasteiger partial charge in [0.25, 0.3) is 5.91 Å². The monoisotopic (exact) mass is 352 g/mol. The molecule has 0 radical (unpaired) electrons. The van der Waals surface area contributed by atoms with Crippen molar-refractivity contribution in [1.29, 1.82) is 0 Å². The Bertz CT molecular complexity index is 1020. The number of ether oxygens (including phenoxy) is 1. The Balaban J connectivity index is 1.46. The molecule has 0 aliphatic heterocycles. The minimum atomic E-state index is -0.294. The van der Waals surface area contributed by atoms with Crippen LogP contribution >= 0.6 is 0 Å². The molecule has 1 atom stereocenters. The van der Waals surface area contributed by atoms with Crippen LogP contribution in [0.15, 0.2) is 45.8 Å². The third kappa shape index (κ3) is 3.10. The number of rotatable bonds is 4. The maximum Gasteiger partial charge on any atom is 0.258 e. The second-order valence-electron chi connectivity index (χ2n) is 6.58. The predicted octanol–water partition coefficient (Wildman–Crippen LogP) is 3.00. The standard InChI is InChI=1S/C20H20N2O4/c1-12-9-17(23)18(10-25-12)26-11-19(24)21-16-8-4-6-14-13-5-2-3-7-15(13)22-20(14)16/h2-3,5,7,9-10,16,22H,4,6,8,11H2,1H3,(H,21,24)/t16-/m1/s1. The van der Waals surface area contributed by atoms with Crippen LogP contribution in [0.25, 0.3) is 10.9 Å². The van der Waals surface area contributed by atoms with Gasteiger partial charge in [0, 0.05) is 22.7 Å². The number of amides is 1. The smallest absolute Gasteiger partial charge is 0.258 e. The summed E-state index contributed by atoms with van der Waals surface area (Å²) >= 11 is 0. The highest BCUT2D eigenvalue weighted by atomic mass is 16.5. The molecular formula is C20H20N2O4. The van der Waals surface area contributed by atoms with Crippen molar-refractivity contribution in [2.45, 2.75) is 32.2 Å². The fourth-order valence-electron chi connectivity index (χ4n) is 3.54. The van der Waals surface area contributed by atoms with Crippen molar-refractivity contribution in [2.75, 3.05) is 6.61 Å². The molecule has 4 rings (SSSR count). The summed E-state index contributed by atoms with van der Waals surface area (Å²) < 4.78 is 10.5. The minimum Gasteiger partial charge on any atom is -0.477 e. The van der Waals surface area contributed by atoms with E-state index in [-0.39, 0.29) is 29.7 Å². The van der Waals surface area contributed by atoms with Crippen molar-refractivity contribution in [2.24, 2.45) is 0 Å². The van der Waals surface area contributed by atoms with E-state index in [9.17, 15) is 9.59 Å². The van der Waals surface area contributed by atoms with Crippen LogP contribution in [-0.2, 0) is 11.2 Å². The number of aromatic amines is 1. The summed E-state index contributed by atoms with van der Waals surface area (Å²) in [7, 11) is 0. The Morgan fingerprint density at radius 2 is 2.23 bits per heavy atom. The van der Waals surface area contributed by atoms with E-state index in [2.05, 4.69) is 16.4 Å². The SMILES string of the molecule is Cc1cc(=O)c(OCC(=O)N[C@@H]2CCCc3c2[nH]c2ccccc32)co1. The van der Waals surface area contributed by atoms with Crippen LogP contribution in [0.4, 0.5) is 0 Å². The fraction of sp³-hybridized carbons (Fsp3) is 0.300. The van der Waals surface area contributed by atoms with Gasteiger partial charge in [-0.05, 0) is 37.8 Å². The number of benzene rings is 1. The molecule has 0 unspecified atom stereocenters. The van der Waals surface area contributed by atoms with Gasteiger partial charge in [-0.25, -0.2) is 0 Å². The second-order valence-corrected chi connectivity index (χ2v) is 6.58. The number of fused-ring (bicyclic) bond motifs is 3. The Labute approximate surface area is 150 Å². The summed E-state index contributed by atoms with van der Waals surface area (Å²) in [5.74, 6) is 0.280. The minimum absolute atomic E-state index is 0.0423. The molecule has 6 heteroatoms. The zero-order valence-corrected chi connectivity index (χ0v) is 14.5. The van der Waals surface area contributed by atoms with E-state index < -0.39 is 0 Å². The molecule has 1 aliphatic rings. The number of hydrogen-bond donors (Lipinski definition) is 2. The molecule has 2 N–H and O–H groups in total. The van der Waals surface area contributed by atoms with Gasteiger partial charge in [0.2, 0.25) is 11.2 Å². The van der Waals surface area contributed by atoms with Crippen LogP contribution in [0.2, 0.25) is 0 Å². The van der Waals surface area contributed by atoms with Crippen LogP contribution in [0.5, 0.6) is 5.75 Å². The van der Waals surface area contributed by atoms with Crippen LogP contribution in [-0.4, -0.2) is 17.5 Å². The van der Waals surface area contributed by atoms with Gasteiger partial charge in [0.15, 0.2) is 6.61 Å². The van der Waals surface area contributed by atoms with Gasteiger partial charge in [-0.3, -0.25) is 9.59 Å². The zero-order valence-electron chi connectivity index (χ0n) is 14.5. The first-order chi connectivity index (χ1) is 12.6. The molecule has 26 heavy (non-hydrogen) atoms. The van der Waals surface area contributed by atoms with E-state index in [1.807, 2.05) is 18.2 Å². The largest absolute Gasteiger partial charge is 0.477 e. The van der Waals surface area contributed by atoms with Crippen molar-refractivity contribution >= 4 is 16.8 Å². The molecule has 134 valence electrons. The summed E-state index contributed by atoms with van der Waals surface area (Å²) in [4.78, 5) is 27.5. The summed E-state index contributed by atoms with van der Waals surface area (Å²) in [6.45, 7) is 1.46. The Hall–Kier alpha value is -3.02. The molecule has 2 aromatic heterocycles. The number of carbonyl (C=O) groups is 1. The van der Waals surface area contributed by atoms with Gasteiger partial charge in [-0.2, -0.15) is 0 Å². The lowest BCUT2D eigenvalue weighted by atomic mass is 9.91. The summed E-state index contributed by atoms with van der Waals surface area (Å²) in [6, 6.07) is 9.45. The van der Waals surface area contributed by atoms with Gasteiger partial charge in [-0.1, -0.05) is 18.2 Å². The number of aromatic nitrogens is 1. The van der Waals surface area contributed by atoms with Crippen LogP contribution in [0.3, 0.4) is 0 Å². The third-order valence-electron chi connectivity index (χ3n) is 4.74. The van der Waals surface area contributed by atoms with E-state index in [4.69, 9.17) is 9.15 Å². The number of H-pyrrole nitrogens is 1. The summed E-state index contributed by atoms with van der Waals surface area (Å²) in [5, 5.41) is 4.23. The number of aryl methyl sites for hydroxylation is 2. The van der Waals surface area contributed by atoms with Crippen LogP contribution in [0, 0.1) is 6.92 Å². The van der Waals surface area contributed by atoms with E-state index in [1.165, 1.54) is 23.3 Å². The van der Waals surface area contributed by atoms with Crippen LogP contribution in [0.1, 0.15) is 35.9 Å². The number of hydrogen-bond acceptors (Lipinski definition) is 4. The molecule has 0 fully saturated rings. The van der Waals surface area contributed by atoms with Crippen molar-refractivity contribution in [3.8, 4) is 5.75 Å². The molecular weight excluding hydrogens is 332 g/mol. The van der Waals surface area contributed by atoms with Gasteiger partial charge >= 0.3 is 0 Å². The van der Waals surface area contributed by atoms with E-state index in [1.54, 1.807) is 6.92 Å². The summed E-state index contributed by atoms with van der Waals surface area (Å²) in [5.41, 5.74) is 3.14. The lowest BCUT2D eigenvalue weighted by molar-refractivity contribution is -0.124. The molecule has 0 spiro atoms. The first-order valence-electron chi connectivity index (χ1n) is 8.73. The van der Waals surface area contributed by atoms with Crippen molar-refractivity contribution in [1.82, 2.24) is 10.3 Å². The van der Waals surface area contributed by atoms with Crippen molar-refractivity contribution < 1.29 is 13.9 Å². The molecule has 1 amide bonds. The second kappa shape index (κ2) is 6.71. The quantitative estimate of drug-likeness (QED) is 0.756. The lowest BCUT2D eigenvalue weighted by Gasteiger charge is -2.23. The average Bonchev–Trinajstić information content (AvgIpc) is 3.01. The van der Waals surface area contributed by atoms with Gasteiger partial charge < -0.3 is 19.5 Å². The first kappa shape index (κ1) is 16.4. The maximum atomic E-state index is 12.3. The first-order valence-corrected chi connectivity index (χ1v) is 8.73. The highest BCUT2D eigenvalue weighted by molar-refractivity contribution is 5.85. The number of carbonyl (C=O) groups excluding carboxylic acids is 1. The highest BCUT2D eigenvalue weighted by Gasteiger charge is 2.25. The fourth-order valence-corrected chi connectivity index (χ4v) is 3.54. The van der Waals surface area contributed by atoms with Crippen molar-refractivity contribution in [3.63, 3.8) is 0 Å². The predicted molar refractivity (Wildman–Crippen MR) is 97.3 cm³/mol. The van der Waals surface area contributed by atoms with E-state index in [0.29, 0.717) is 5.76 Å². The van der Waals surface area contributed by atoms with E-state index in [0.717, 1.165) is 30.5 Å². The highest BCUT2D eigenvalue weighted by Crippen LogP contribution is 2.34. The Morgan fingerprint density at radius 3 is 3.08 bits per heavy atom. The van der Waals surface area contributed by atoms with E-state index >= 15 is 0 Å². The normalized spacial score (nSPS) is 16.3. The lowest BCUT2D eigenvalue weighted by Crippen LogP contribution is -2.34. The summed E-state index contributed by atoms with van der Waals surface area (Å²) in [6.07, 6.45) is 4.13. The molecule has 0 saturated carbocycles.